The SMILES string of the molecule is Cc1cc(F)cc(OBO)c1. The molecule has 0 unspecified atom stereocenters. The third-order valence-corrected chi connectivity index (χ3v) is 1.25. The van der Waals surface area contributed by atoms with Gasteiger partial charge in [0.2, 0.25) is 0 Å². The molecular weight excluding hydrogens is 146 g/mol. The first-order chi connectivity index (χ1) is 5.22. The fourth-order valence-corrected chi connectivity index (χ4v) is 0.861. The van der Waals surface area contributed by atoms with Crippen LogP contribution in [0, 0.1) is 12.7 Å². The van der Waals surface area contributed by atoms with Crippen molar-refractivity contribution in [3.63, 3.8) is 0 Å². The largest absolute Gasteiger partial charge is 0.539 e. The fraction of sp³-hybridized carbons (Fsp3) is 0.143. The number of rotatable bonds is 2. The van der Waals surface area contributed by atoms with E-state index in [0.29, 0.717) is 5.75 Å². The van der Waals surface area contributed by atoms with Crippen molar-refractivity contribution in [2.45, 2.75) is 6.92 Å². The van der Waals surface area contributed by atoms with Crippen LogP contribution < -0.4 is 4.65 Å². The topological polar surface area (TPSA) is 29.5 Å². The summed E-state index contributed by atoms with van der Waals surface area (Å²) < 4.78 is 17.3. The molecule has 0 aliphatic rings. The van der Waals surface area contributed by atoms with Gasteiger partial charge in [-0.2, -0.15) is 0 Å². The van der Waals surface area contributed by atoms with Gasteiger partial charge in [-0.05, 0) is 24.6 Å². The molecule has 0 amide bonds. The van der Waals surface area contributed by atoms with Crippen LogP contribution in [0.4, 0.5) is 4.39 Å². The summed E-state index contributed by atoms with van der Waals surface area (Å²) in [5.74, 6) is -0.00144. The number of aryl methyl sites for hydroxylation is 1. The summed E-state index contributed by atoms with van der Waals surface area (Å²) in [6.07, 6.45) is 0. The van der Waals surface area contributed by atoms with Crippen LogP contribution in [0.25, 0.3) is 0 Å². The van der Waals surface area contributed by atoms with Crippen LogP contribution in [0.3, 0.4) is 0 Å². The lowest BCUT2D eigenvalue weighted by atomic mass is 10.2. The molecule has 0 spiro atoms. The number of hydrogen-bond acceptors (Lipinski definition) is 2. The van der Waals surface area contributed by atoms with E-state index in [1.165, 1.54) is 12.1 Å². The quantitative estimate of drug-likeness (QED) is 0.637. The predicted octanol–water partition coefficient (Wildman–Crippen LogP) is 0.772. The Morgan fingerprint density at radius 1 is 1.45 bits per heavy atom. The number of halogens is 1. The third kappa shape index (κ3) is 2.24. The lowest BCUT2D eigenvalue weighted by molar-refractivity contribution is 0.451. The molecule has 0 heterocycles. The van der Waals surface area contributed by atoms with Crippen molar-refractivity contribution in [2.24, 2.45) is 0 Å². The zero-order chi connectivity index (χ0) is 8.27. The highest BCUT2D eigenvalue weighted by molar-refractivity contribution is 6.17. The smallest absolute Gasteiger partial charge is 0.504 e. The van der Waals surface area contributed by atoms with Crippen molar-refractivity contribution in [3.8, 4) is 5.75 Å². The normalized spacial score (nSPS) is 9.36. The first-order valence-corrected chi connectivity index (χ1v) is 3.23. The zero-order valence-electron chi connectivity index (χ0n) is 6.17. The molecule has 2 nitrogen and oxygen atoms in total. The molecule has 11 heavy (non-hydrogen) atoms. The van der Waals surface area contributed by atoms with E-state index in [1.807, 2.05) is 0 Å². The first-order valence-electron chi connectivity index (χ1n) is 3.23. The number of benzene rings is 1. The van der Waals surface area contributed by atoms with Gasteiger partial charge in [-0.1, -0.05) is 0 Å². The Bertz CT molecular complexity index is 232. The molecule has 0 aliphatic carbocycles. The summed E-state index contributed by atoms with van der Waals surface area (Å²) in [5, 5.41) is 8.36. The van der Waals surface area contributed by atoms with Gasteiger partial charge in [-0.15, -0.1) is 0 Å². The minimum atomic E-state index is -0.428. The Hall–Kier alpha value is -1.03. The van der Waals surface area contributed by atoms with E-state index in [4.69, 9.17) is 5.02 Å². The molecule has 4 heteroatoms. The van der Waals surface area contributed by atoms with E-state index in [-0.39, 0.29) is 5.82 Å². The second-order valence-corrected chi connectivity index (χ2v) is 2.24. The zero-order valence-corrected chi connectivity index (χ0v) is 6.17. The van der Waals surface area contributed by atoms with Crippen LogP contribution in [-0.2, 0) is 0 Å². The minimum Gasteiger partial charge on any atom is -0.539 e. The molecular formula is C7H8BFO2. The standard InChI is InChI=1S/C7H8BFO2/c1-5-2-6(9)4-7(3-5)11-8-10/h2-4,8,10H,1H3. The molecule has 1 aromatic rings. The Morgan fingerprint density at radius 3 is 2.73 bits per heavy atom. The van der Waals surface area contributed by atoms with Gasteiger partial charge in [0.05, 0.1) is 0 Å². The van der Waals surface area contributed by atoms with Crippen LogP contribution in [0.1, 0.15) is 5.56 Å². The van der Waals surface area contributed by atoms with Gasteiger partial charge in [-0.25, -0.2) is 4.39 Å². The second-order valence-electron chi connectivity index (χ2n) is 2.24. The summed E-state index contributed by atoms with van der Waals surface area (Å²) in [6, 6.07) is 4.27. The highest BCUT2D eigenvalue weighted by Crippen LogP contribution is 2.14. The van der Waals surface area contributed by atoms with Crippen LogP contribution in [0.2, 0.25) is 0 Å². The molecule has 0 radical (unpaired) electrons. The molecule has 1 aromatic carbocycles. The van der Waals surface area contributed by atoms with Crippen molar-refractivity contribution in [1.82, 2.24) is 0 Å². The van der Waals surface area contributed by atoms with Crippen LogP contribution in [0.5, 0.6) is 5.75 Å². The average molecular weight is 154 g/mol. The summed E-state index contributed by atoms with van der Waals surface area (Å²) in [4.78, 5) is 0. The summed E-state index contributed by atoms with van der Waals surface area (Å²) in [7, 11) is -0.428. The van der Waals surface area contributed by atoms with Gasteiger partial charge in [0.1, 0.15) is 11.6 Å². The molecule has 0 aromatic heterocycles. The van der Waals surface area contributed by atoms with E-state index in [2.05, 4.69) is 4.65 Å². The molecule has 0 bridgehead atoms. The summed E-state index contributed by atoms with van der Waals surface area (Å²) in [6.45, 7) is 1.76. The van der Waals surface area contributed by atoms with E-state index in [0.717, 1.165) is 5.56 Å². The van der Waals surface area contributed by atoms with Gasteiger partial charge in [-0.3, -0.25) is 0 Å². The van der Waals surface area contributed by atoms with Crippen LogP contribution in [-0.4, -0.2) is 12.7 Å². The molecule has 1 N–H and O–H groups in total. The maximum Gasteiger partial charge on any atom is 0.504 e. The van der Waals surface area contributed by atoms with Crippen molar-refractivity contribution < 1.29 is 14.1 Å². The molecule has 0 fully saturated rings. The number of hydrogen-bond donors (Lipinski definition) is 1. The monoisotopic (exact) mass is 154 g/mol. The van der Waals surface area contributed by atoms with Crippen LogP contribution >= 0.6 is 0 Å². The van der Waals surface area contributed by atoms with Crippen molar-refractivity contribution in [2.75, 3.05) is 0 Å². The average Bonchev–Trinajstić information content (AvgIpc) is 1.85. The third-order valence-electron chi connectivity index (χ3n) is 1.25. The van der Waals surface area contributed by atoms with Crippen molar-refractivity contribution in [3.05, 3.63) is 29.6 Å². The van der Waals surface area contributed by atoms with Crippen LogP contribution in [0.15, 0.2) is 18.2 Å². The van der Waals surface area contributed by atoms with Gasteiger partial charge in [0.15, 0.2) is 0 Å². The maximum atomic E-state index is 12.6. The Kier molecular flexibility index (Phi) is 2.49. The predicted molar refractivity (Wildman–Crippen MR) is 41.1 cm³/mol. The molecule has 0 saturated heterocycles. The van der Waals surface area contributed by atoms with Gasteiger partial charge < -0.3 is 9.68 Å². The lowest BCUT2D eigenvalue weighted by Gasteiger charge is -2.02. The summed E-state index contributed by atoms with van der Waals surface area (Å²) in [5.41, 5.74) is 0.772. The van der Waals surface area contributed by atoms with E-state index >= 15 is 0 Å². The second kappa shape index (κ2) is 3.39. The molecule has 0 atom stereocenters. The summed E-state index contributed by atoms with van der Waals surface area (Å²) >= 11 is 0. The maximum absolute atomic E-state index is 12.6. The minimum absolute atomic E-state index is 0.352. The Morgan fingerprint density at radius 2 is 2.18 bits per heavy atom. The molecule has 0 saturated carbocycles. The van der Waals surface area contributed by atoms with Gasteiger partial charge >= 0.3 is 7.69 Å². The lowest BCUT2D eigenvalue weighted by Crippen LogP contribution is -2.00. The van der Waals surface area contributed by atoms with E-state index < -0.39 is 7.69 Å². The van der Waals surface area contributed by atoms with Gasteiger partial charge in [0, 0.05) is 6.07 Å². The molecule has 0 aliphatic heterocycles. The van der Waals surface area contributed by atoms with E-state index in [9.17, 15) is 4.39 Å². The van der Waals surface area contributed by atoms with Crippen molar-refractivity contribution >= 4 is 7.69 Å². The van der Waals surface area contributed by atoms with E-state index in [1.54, 1.807) is 13.0 Å². The highest BCUT2D eigenvalue weighted by Gasteiger charge is 1.97. The molecule has 58 valence electrons. The highest BCUT2D eigenvalue weighted by atomic mass is 19.1. The van der Waals surface area contributed by atoms with Crippen molar-refractivity contribution in [1.29, 1.82) is 0 Å². The molecule has 1 rings (SSSR count). The fourth-order valence-electron chi connectivity index (χ4n) is 0.861. The Balaban J connectivity index is 2.89. The van der Waals surface area contributed by atoms with Gasteiger partial charge in [0.25, 0.3) is 0 Å². The Labute approximate surface area is 64.9 Å². The first kappa shape index (κ1) is 8.08.